The molecule has 1 aliphatic heterocycles. The molecule has 1 fully saturated rings. The SMILES string of the molecule is CCC(C)C1NC(=O)CN(c2ccc(F)cc2OC)C1=O. The van der Waals surface area contributed by atoms with Gasteiger partial charge in [0.05, 0.1) is 12.8 Å². The van der Waals surface area contributed by atoms with Gasteiger partial charge < -0.3 is 10.1 Å². The molecule has 0 aromatic heterocycles. The highest BCUT2D eigenvalue weighted by atomic mass is 19.1. The second-order valence-electron chi connectivity index (χ2n) is 5.17. The van der Waals surface area contributed by atoms with E-state index in [1.165, 1.54) is 30.2 Å². The van der Waals surface area contributed by atoms with Crippen LogP contribution in [0.25, 0.3) is 0 Å². The standard InChI is InChI=1S/C15H19FN2O3/c1-4-9(2)14-15(20)18(8-13(19)17-14)11-6-5-10(16)7-12(11)21-3/h5-7,9,14H,4,8H2,1-3H3,(H,17,19). The van der Waals surface area contributed by atoms with Gasteiger partial charge in [-0.15, -0.1) is 0 Å². The quantitative estimate of drug-likeness (QED) is 0.919. The van der Waals surface area contributed by atoms with Gasteiger partial charge in [-0.25, -0.2) is 4.39 Å². The van der Waals surface area contributed by atoms with Crippen molar-refractivity contribution in [2.24, 2.45) is 5.92 Å². The zero-order valence-corrected chi connectivity index (χ0v) is 12.4. The summed E-state index contributed by atoms with van der Waals surface area (Å²) in [5, 5.41) is 2.72. The number of ether oxygens (including phenoxy) is 1. The maximum atomic E-state index is 13.3. The molecule has 0 bridgehead atoms. The zero-order valence-electron chi connectivity index (χ0n) is 12.4. The van der Waals surface area contributed by atoms with E-state index in [1.54, 1.807) is 0 Å². The number of hydrogen-bond acceptors (Lipinski definition) is 3. The highest BCUT2D eigenvalue weighted by Crippen LogP contribution is 2.31. The minimum absolute atomic E-state index is 0.0238. The molecule has 2 unspecified atom stereocenters. The molecule has 1 saturated heterocycles. The Morgan fingerprint density at radius 1 is 1.48 bits per heavy atom. The second kappa shape index (κ2) is 6.11. The predicted molar refractivity (Wildman–Crippen MR) is 76.7 cm³/mol. The van der Waals surface area contributed by atoms with Crippen molar-refractivity contribution in [3.05, 3.63) is 24.0 Å². The van der Waals surface area contributed by atoms with Crippen LogP contribution < -0.4 is 15.0 Å². The fourth-order valence-electron chi connectivity index (χ4n) is 2.37. The highest BCUT2D eigenvalue weighted by molar-refractivity contribution is 6.07. The van der Waals surface area contributed by atoms with E-state index in [9.17, 15) is 14.0 Å². The van der Waals surface area contributed by atoms with E-state index in [-0.39, 0.29) is 30.0 Å². The Morgan fingerprint density at radius 2 is 2.19 bits per heavy atom. The summed E-state index contributed by atoms with van der Waals surface area (Å²) in [6.45, 7) is 3.78. The molecule has 0 radical (unpaired) electrons. The smallest absolute Gasteiger partial charge is 0.250 e. The lowest BCUT2D eigenvalue weighted by Gasteiger charge is -2.35. The fraction of sp³-hybridized carbons (Fsp3) is 0.467. The van der Waals surface area contributed by atoms with Crippen LogP contribution in [0.2, 0.25) is 0 Å². The fourth-order valence-corrected chi connectivity index (χ4v) is 2.37. The minimum Gasteiger partial charge on any atom is -0.494 e. The maximum absolute atomic E-state index is 13.3. The maximum Gasteiger partial charge on any atom is 0.250 e. The average molecular weight is 294 g/mol. The summed E-state index contributed by atoms with van der Waals surface area (Å²) in [5.74, 6) is -0.625. The Kier molecular flexibility index (Phi) is 4.45. The van der Waals surface area contributed by atoms with Crippen molar-refractivity contribution in [2.75, 3.05) is 18.6 Å². The summed E-state index contributed by atoms with van der Waals surface area (Å²) < 4.78 is 18.4. The van der Waals surface area contributed by atoms with Crippen molar-refractivity contribution >= 4 is 17.5 Å². The van der Waals surface area contributed by atoms with E-state index >= 15 is 0 Å². The molecule has 6 heteroatoms. The van der Waals surface area contributed by atoms with Crippen LogP contribution in [0, 0.1) is 11.7 Å². The molecule has 2 rings (SSSR count). The third kappa shape index (κ3) is 2.99. The number of hydrogen-bond donors (Lipinski definition) is 1. The van der Waals surface area contributed by atoms with Crippen LogP contribution in [0.4, 0.5) is 10.1 Å². The van der Waals surface area contributed by atoms with Crippen molar-refractivity contribution in [3.63, 3.8) is 0 Å². The first-order valence-electron chi connectivity index (χ1n) is 6.92. The molecular weight excluding hydrogens is 275 g/mol. The number of carbonyl (C=O) groups excluding carboxylic acids is 2. The topological polar surface area (TPSA) is 58.6 Å². The van der Waals surface area contributed by atoms with E-state index in [0.29, 0.717) is 5.69 Å². The van der Waals surface area contributed by atoms with Gasteiger partial charge in [0.2, 0.25) is 11.8 Å². The number of rotatable bonds is 4. The summed E-state index contributed by atoms with van der Waals surface area (Å²) in [6.07, 6.45) is 0.769. The Balaban J connectivity index is 2.38. The summed E-state index contributed by atoms with van der Waals surface area (Å²) in [7, 11) is 1.40. The number of benzene rings is 1. The van der Waals surface area contributed by atoms with E-state index < -0.39 is 11.9 Å². The van der Waals surface area contributed by atoms with E-state index in [1.807, 2.05) is 13.8 Å². The first-order valence-corrected chi connectivity index (χ1v) is 6.92. The van der Waals surface area contributed by atoms with Crippen LogP contribution in [-0.2, 0) is 9.59 Å². The lowest BCUT2D eigenvalue weighted by molar-refractivity contribution is -0.132. The number of halogens is 1. The molecule has 21 heavy (non-hydrogen) atoms. The average Bonchev–Trinajstić information content (AvgIpc) is 2.48. The molecule has 2 amide bonds. The van der Waals surface area contributed by atoms with Crippen molar-refractivity contribution in [3.8, 4) is 5.75 Å². The number of methoxy groups -OCH3 is 1. The number of piperazine rings is 1. The molecular formula is C15H19FN2O3. The third-order valence-corrected chi connectivity index (χ3v) is 3.80. The van der Waals surface area contributed by atoms with Crippen LogP contribution in [-0.4, -0.2) is 31.5 Å². The molecule has 0 saturated carbocycles. The van der Waals surface area contributed by atoms with Crippen LogP contribution >= 0.6 is 0 Å². The molecule has 1 N–H and O–H groups in total. The van der Waals surface area contributed by atoms with Crippen LogP contribution in [0.3, 0.4) is 0 Å². The van der Waals surface area contributed by atoms with Crippen molar-refractivity contribution in [1.29, 1.82) is 0 Å². The Labute approximate surface area is 123 Å². The highest BCUT2D eigenvalue weighted by Gasteiger charge is 2.37. The van der Waals surface area contributed by atoms with Crippen LogP contribution in [0.1, 0.15) is 20.3 Å². The molecule has 5 nitrogen and oxygen atoms in total. The summed E-state index contributed by atoms with van der Waals surface area (Å²) in [4.78, 5) is 25.8. The lowest BCUT2D eigenvalue weighted by atomic mass is 9.96. The first kappa shape index (κ1) is 15.3. The number of nitrogens with one attached hydrogen (secondary N) is 1. The van der Waals surface area contributed by atoms with Gasteiger partial charge in [0.25, 0.3) is 0 Å². The van der Waals surface area contributed by atoms with Gasteiger partial charge in [0.1, 0.15) is 24.2 Å². The van der Waals surface area contributed by atoms with Gasteiger partial charge in [-0.3, -0.25) is 14.5 Å². The third-order valence-electron chi connectivity index (χ3n) is 3.80. The van der Waals surface area contributed by atoms with Crippen LogP contribution in [0.5, 0.6) is 5.75 Å². The van der Waals surface area contributed by atoms with E-state index in [0.717, 1.165) is 6.42 Å². The predicted octanol–water partition coefficient (Wildman–Crippen LogP) is 1.71. The van der Waals surface area contributed by atoms with Gasteiger partial charge in [0, 0.05) is 6.07 Å². The number of anilines is 1. The van der Waals surface area contributed by atoms with E-state index in [2.05, 4.69) is 5.32 Å². The monoisotopic (exact) mass is 294 g/mol. The van der Waals surface area contributed by atoms with Crippen molar-refractivity contribution in [1.82, 2.24) is 5.32 Å². The molecule has 1 aliphatic rings. The Morgan fingerprint density at radius 3 is 2.81 bits per heavy atom. The van der Waals surface area contributed by atoms with Crippen molar-refractivity contribution in [2.45, 2.75) is 26.3 Å². The van der Waals surface area contributed by atoms with Gasteiger partial charge in [-0.2, -0.15) is 0 Å². The Hall–Kier alpha value is -2.11. The molecule has 1 heterocycles. The molecule has 0 aliphatic carbocycles. The first-order chi connectivity index (χ1) is 9.97. The number of nitrogens with zero attached hydrogens (tertiary/aromatic N) is 1. The van der Waals surface area contributed by atoms with Gasteiger partial charge in [-0.05, 0) is 18.1 Å². The van der Waals surface area contributed by atoms with Gasteiger partial charge in [0.15, 0.2) is 0 Å². The van der Waals surface area contributed by atoms with Gasteiger partial charge >= 0.3 is 0 Å². The minimum atomic E-state index is -0.564. The zero-order chi connectivity index (χ0) is 15.6. The number of amides is 2. The summed E-state index contributed by atoms with van der Waals surface area (Å²) >= 11 is 0. The molecule has 114 valence electrons. The van der Waals surface area contributed by atoms with Crippen LogP contribution in [0.15, 0.2) is 18.2 Å². The normalized spacial score (nSPS) is 20.2. The molecule has 2 atom stereocenters. The molecule has 0 spiro atoms. The molecule has 1 aromatic carbocycles. The number of carbonyl (C=O) groups is 2. The summed E-state index contributed by atoms with van der Waals surface area (Å²) in [5.41, 5.74) is 0.409. The largest absolute Gasteiger partial charge is 0.494 e. The lowest BCUT2D eigenvalue weighted by Crippen LogP contribution is -2.60. The Bertz CT molecular complexity index is 562. The van der Waals surface area contributed by atoms with Crippen molar-refractivity contribution < 1.29 is 18.7 Å². The van der Waals surface area contributed by atoms with Gasteiger partial charge in [-0.1, -0.05) is 20.3 Å². The second-order valence-corrected chi connectivity index (χ2v) is 5.17. The van der Waals surface area contributed by atoms with E-state index in [4.69, 9.17) is 4.74 Å². The molecule has 1 aromatic rings. The summed E-state index contributed by atoms with van der Waals surface area (Å²) in [6, 6.07) is 3.34.